The van der Waals surface area contributed by atoms with Crippen molar-refractivity contribution in [1.29, 1.82) is 5.26 Å². The summed E-state index contributed by atoms with van der Waals surface area (Å²) in [4.78, 5) is 13.4. The Morgan fingerprint density at radius 3 is 2.89 bits per heavy atom. The van der Waals surface area contributed by atoms with Gasteiger partial charge in [-0.25, -0.2) is 0 Å². The van der Waals surface area contributed by atoms with Gasteiger partial charge >= 0.3 is 5.97 Å². The van der Waals surface area contributed by atoms with E-state index in [-0.39, 0.29) is 18.0 Å². The minimum absolute atomic E-state index is 0.0314. The molecule has 2 aliphatic rings. The van der Waals surface area contributed by atoms with E-state index < -0.39 is 5.97 Å². The highest BCUT2D eigenvalue weighted by atomic mass is 79.9. The summed E-state index contributed by atoms with van der Waals surface area (Å²) in [6.45, 7) is 0. The number of nitriles is 1. The van der Waals surface area contributed by atoms with Crippen molar-refractivity contribution in [3.63, 3.8) is 0 Å². The smallest absolute Gasteiger partial charge is 0.308 e. The maximum Gasteiger partial charge on any atom is 0.308 e. The minimum Gasteiger partial charge on any atom is -0.481 e. The third kappa shape index (κ3) is 1.82. The van der Waals surface area contributed by atoms with Gasteiger partial charge < -0.3 is 10.0 Å². The summed E-state index contributed by atoms with van der Waals surface area (Å²) in [6.07, 6.45) is 2.61. The van der Waals surface area contributed by atoms with E-state index in [2.05, 4.69) is 26.9 Å². The number of fused-ring (bicyclic) bond motifs is 2. The zero-order valence-electron chi connectivity index (χ0n) is 10.2. The molecule has 1 N–H and O–H groups in total. The number of rotatable bonds is 2. The van der Waals surface area contributed by atoms with Gasteiger partial charge in [-0.2, -0.15) is 5.26 Å². The number of carbonyl (C=O) groups is 1. The number of hydrogen-bond acceptors (Lipinski definition) is 3. The molecule has 0 aliphatic carbocycles. The minimum atomic E-state index is -0.717. The van der Waals surface area contributed by atoms with Crippen LogP contribution in [-0.4, -0.2) is 23.2 Å². The average Bonchev–Trinajstić information content (AvgIpc) is 2.95. The summed E-state index contributed by atoms with van der Waals surface area (Å²) in [7, 11) is 0. The maximum atomic E-state index is 11.3. The summed E-state index contributed by atoms with van der Waals surface area (Å²) in [5.41, 5.74) is 1.47. The number of halogens is 1. The van der Waals surface area contributed by atoms with Crippen molar-refractivity contribution < 1.29 is 9.90 Å². The third-order valence-corrected chi connectivity index (χ3v) is 4.90. The summed E-state index contributed by atoms with van der Waals surface area (Å²) < 4.78 is 0.769. The van der Waals surface area contributed by atoms with Crippen molar-refractivity contribution in [2.24, 2.45) is 5.92 Å². The molecule has 3 rings (SSSR count). The van der Waals surface area contributed by atoms with Crippen molar-refractivity contribution in [3.05, 3.63) is 28.2 Å². The molecule has 3 unspecified atom stereocenters. The molecule has 1 aromatic carbocycles. The van der Waals surface area contributed by atoms with Crippen LogP contribution in [0.2, 0.25) is 0 Å². The highest BCUT2D eigenvalue weighted by molar-refractivity contribution is 9.10. The molecule has 0 spiro atoms. The third-order valence-electron chi connectivity index (χ3n) is 4.24. The van der Waals surface area contributed by atoms with Crippen molar-refractivity contribution in [2.45, 2.75) is 31.3 Å². The fourth-order valence-corrected chi connectivity index (χ4v) is 3.91. The highest BCUT2D eigenvalue weighted by Gasteiger charge is 2.49. The average molecular weight is 321 g/mol. The van der Waals surface area contributed by atoms with Gasteiger partial charge in [-0.1, -0.05) is 6.07 Å². The molecular weight excluding hydrogens is 308 g/mol. The molecular formula is C14H13BrN2O2. The zero-order valence-corrected chi connectivity index (χ0v) is 11.8. The van der Waals surface area contributed by atoms with Crippen molar-refractivity contribution in [2.75, 3.05) is 4.90 Å². The second-order valence-electron chi connectivity index (χ2n) is 5.13. The van der Waals surface area contributed by atoms with Crippen LogP contribution in [0.1, 0.15) is 24.8 Å². The molecule has 2 saturated heterocycles. The Labute approximate surface area is 119 Å². The number of hydrogen-bond donors (Lipinski definition) is 1. The second kappa shape index (κ2) is 4.53. The molecule has 98 valence electrons. The van der Waals surface area contributed by atoms with Gasteiger partial charge in [0.1, 0.15) is 6.07 Å². The number of carboxylic acid groups (broad SMARTS) is 1. The highest BCUT2D eigenvalue weighted by Crippen LogP contribution is 2.46. The summed E-state index contributed by atoms with van der Waals surface area (Å²) in [5.74, 6) is -1.02. The van der Waals surface area contributed by atoms with Gasteiger partial charge in [-0.05, 0) is 47.3 Å². The van der Waals surface area contributed by atoms with Crippen LogP contribution < -0.4 is 4.90 Å². The van der Waals surface area contributed by atoms with Crippen LogP contribution in [0.25, 0.3) is 0 Å². The van der Waals surface area contributed by atoms with Crippen LogP contribution in [-0.2, 0) is 4.79 Å². The van der Waals surface area contributed by atoms with Gasteiger partial charge in [0, 0.05) is 16.6 Å². The van der Waals surface area contributed by atoms with E-state index in [4.69, 9.17) is 0 Å². The summed E-state index contributed by atoms with van der Waals surface area (Å²) >= 11 is 3.39. The molecule has 1 aromatic rings. The molecule has 0 amide bonds. The van der Waals surface area contributed by atoms with E-state index in [1.54, 1.807) is 0 Å². The first-order valence-corrected chi connectivity index (χ1v) is 7.12. The number of anilines is 1. The molecule has 19 heavy (non-hydrogen) atoms. The fraction of sp³-hybridized carbons (Fsp3) is 0.429. The van der Waals surface area contributed by atoms with Gasteiger partial charge in [-0.15, -0.1) is 0 Å². The Hall–Kier alpha value is -1.54. The lowest BCUT2D eigenvalue weighted by atomic mass is 9.89. The van der Waals surface area contributed by atoms with Crippen LogP contribution in [0.4, 0.5) is 5.69 Å². The van der Waals surface area contributed by atoms with Crippen LogP contribution in [0, 0.1) is 17.2 Å². The molecule has 5 heteroatoms. The number of aliphatic carboxylic acids is 1. The lowest BCUT2D eigenvalue weighted by Crippen LogP contribution is -2.33. The molecule has 2 fully saturated rings. The van der Waals surface area contributed by atoms with Crippen LogP contribution in [0.3, 0.4) is 0 Å². The van der Waals surface area contributed by atoms with Crippen LogP contribution >= 0.6 is 15.9 Å². The predicted octanol–water partition coefficient (Wildman–Crippen LogP) is 2.76. The molecule has 2 heterocycles. The van der Waals surface area contributed by atoms with Gasteiger partial charge in [0.2, 0.25) is 0 Å². The largest absolute Gasteiger partial charge is 0.481 e. The Morgan fingerprint density at radius 1 is 1.47 bits per heavy atom. The van der Waals surface area contributed by atoms with Crippen molar-refractivity contribution in [1.82, 2.24) is 0 Å². The van der Waals surface area contributed by atoms with E-state index in [1.807, 2.05) is 18.2 Å². The zero-order chi connectivity index (χ0) is 13.6. The maximum absolute atomic E-state index is 11.3. The normalized spacial score (nSPS) is 28.4. The summed E-state index contributed by atoms with van der Waals surface area (Å²) in [6, 6.07) is 8.16. The standard InChI is InChI=1S/C14H13BrN2O2/c15-11-2-1-3-12(10(11)7-16)17-8-4-5-13(17)9(6-8)14(18)19/h1-3,8-9,13H,4-6H2,(H,18,19). The fourth-order valence-electron chi connectivity index (χ4n) is 3.47. The topological polar surface area (TPSA) is 64.3 Å². The SMILES string of the molecule is N#Cc1c(Br)cccc1N1C2CCC1C(C(=O)O)C2. The first-order chi connectivity index (χ1) is 9.13. The first kappa shape index (κ1) is 12.5. The Balaban J connectivity index is 2.03. The Kier molecular flexibility index (Phi) is 2.98. The van der Waals surface area contributed by atoms with Gasteiger partial charge in [0.05, 0.1) is 17.2 Å². The number of nitrogens with zero attached hydrogens (tertiary/aromatic N) is 2. The van der Waals surface area contributed by atoms with E-state index in [9.17, 15) is 15.2 Å². The van der Waals surface area contributed by atoms with E-state index in [0.29, 0.717) is 12.0 Å². The molecule has 2 aliphatic heterocycles. The van der Waals surface area contributed by atoms with Gasteiger partial charge in [-0.3, -0.25) is 4.79 Å². The molecule has 2 bridgehead atoms. The van der Waals surface area contributed by atoms with E-state index in [1.165, 1.54) is 0 Å². The summed E-state index contributed by atoms with van der Waals surface area (Å²) in [5, 5.41) is 18.6. The molecule has 4 nitrogen and oxygen atoms in total. The Morgan fingerprint density at radius 2 is 2.26 bits per heavy atom. The predicted molar refractivity (Wildman–Crippen MR) is 73.9 cm³/mol. The lowest BCUT2D eigenvalue weighted by molar-refractivity contribution is -0.142. The molecule has 3 atom stereocenters. The van der Waals surface area contributed by atoms with E-state index in [0.717, 1.165) is 23.0 Å². The second-order valence-corrected chi connectivity index (χ2v) is 5.99. The number of carboxylic acids is 1. The van der Waals surface area contributed by atoms with Crippen molar-refractivity contribution >= 4 is 27.6 Å². The van der Waals surface area contributed by atoms with E-state index >= 15 is 0 Å². The van der Waals surface area contributed by atoms with Gasteiger partial charge in [0.25, 0.3) is 0 Å². The van der Waals surface area contributed by atoms with Crippen molar-refractivity contribution in [3.8, 4) is 6.07 Å². The van der Waals surface area contributed by atoms with Gasteiger partial charge in [0.15, 0.2) is 0 Å². The quantitative estimate of drug-likeness (QED) is 0.910. The molecule has 0 radical (unpaired) electrons. The van der Waals surface area contributed by atoms with Crippen LogP contribution in [0.15, 0.2) is 22.7 Å². The first-order valence-electron chi connectivity index (χ1n) is 6.33. The molecule has 0 aromatic heterocycles. The van der Waals surface area contributed by atoms with Crippen LogP contribution in [0.5, 0.6) is 0 Å². The monoisotopic (exact) mass is 320 g/mol. The lowest BCUT2D eigenvalue weighted by Gasteiger charge is -2.26. The Bertz CT molecular complexity index is 581. The molecule has 0 saturated carbocycles. The number of benzene rings is 1.